The Morgan fingerprint density at radius 1 is 1.12 bits per heavy atom. The Hall–Kier alpha value is -3.28. The lowest BCUT2D eigenvalue weighted by molar-refractivity contribution is 0.112. The van der Waals surface area contributed by atoms with Gasteiger partial charge in [-0.15, -0.1) is 0 Å². The molecule has 3 rings (SSSR count). The predicted molar refractivity (Wildman–Crippen MR) is 87.4 cm³/mol. The molecule has 0 aliphatic heterocycles. The van der Waals surface area contributed by atoms with Crippen molar-refractivity contribution in [2.45, 2.75) is 6.92 Å². The van der Waals surface area contributed by atoms with Crippen molar-refractivity contribution >= 4 is 6.29 Å². The fourth-order valence-corrected chi connectivity index (χ4v) is 2.52. The molecule has 1 heterocycles. The van der Waals surface area contributed by atoms with Crippen LogP contribution in [0.15, 0.2) is 40.9 Å². The maximum Gasteiger partial charge on any atom is 0.178 e. The Morgan fingerprint density at radius 2 is 1.83 bits per heavy atom. The lowest BCUT2D eigenvalue weighted by Gasteiger charge is -2.08. The first-order valence-corrected chi connectivity index (χ1v) is 7.17. The first-order valence-electron chi connectivity index (χ1n) is 7.17. The van der Waals surface area contributed by atoms with E-state index >= 15 is 0 Å². The number of benzene rings is 2. The Kier molecular flexibility index (Phi) is 3.95. The van der Waals surface area contributed by atoms with Crippen LogP contribution in [-0.2, 0) is 0 Å². The van der Waals surface area contributed by atoms with Crippen LogP contribution < -0.4 is 4.74 Å². The lowest BCUT2D eigenvalue weighted by atomic mass is 9.98. The molecule has 2 aromatic carbocycles. The summed E-state index contributed by atoms with van der Waals surface area (Å²) in [4.78, 5) is 11.1. The summed E-state index contributed by atoms with van der Waals surface area (Å²) < 4.78 is 10.5. The summed E-state index contributed by atoms with van der Waals surface area (Å²) in [6.45, 7) is 1.78. The molecule has 0 bridgehead atoms. The van der Waals surface area contributed by atoms with E-state index in [0.29, 0.717) is 29.1 Å². The van der Waals surface area contributed by atoms with Crippen LogP contribution in [0.4, 0.5) is 0 Å². The molecule has 122 valence electrons. The maximum absolute atomic E-state index is 11.1. The second-order valence-corrected chi connectivity index (χ2v) is 5.25. The summed E-state index contributed by atoms with van der Waals surface area (Å²) in [7, 11) is 1.58. The normalized spacial score (nSPS) is 10.6. The second-order valence-electron chi connectivity index (χ2n) is 5.25. The van der Waals surface area contributed by atoms with Crippen LogP contribution in [-0.4, -0.2) is 28.8 Å². The van der Waals surface area contributed by atoms with E-state index in [2.05, 4.69) is 5.16 Å². The van der Waals surface area contributed by atoms with Gasteiger partial charge in [0, 0.05) is 6.07 Å². The van der Waals surface area contributed by atoms with Gasteiger partial charge in [-0.05, 0) is 30.7 Å². The minimum absolute atomic E-state index is 0.0533. The van der Waals surface area contributed by atoms with Gasteiger partial charge in [0.1, 0.15) is 17.2 Å². The fraction of sp³-hybridized carbons (Fsp3) is 0.111. The summed E-state index contributed by atoms with van der Waals surface area (Å²) in [5.41, 5.74) is 2.48. The summed E-state index contributed by atoms with van der Waals surface area (Å²) in [5, 5.41) is 23.8. The molecule has 0 radical (unpaired) electrons. The number of ether oxygens (including phenoxy) is 1. The number of rotatable bonds is 4. The van der Waals surface area contributed by atoms with Crippen molar-refractivity contribution in [1.82, 2.24) is 5.16 Å². The van der Waals surface area contributed by atoms with Crippen LogP contribution in [0.3, 0.4) is 0 Å². The SMILES string of the molecule is COc1ccc(-c2c(C)noc2-c2cc(C=O)c(O)cc2O)cc1. The molecule has 0 saturated carbocycles. The Bertz CT molecular complexity index is 897. The molecule has 0 fully saturated rings. The fourth-order valence-electron chi connectivity index (χ4n) is 2.52. The standard InChI is InChI=1S/C18H15NO5/c1-10-17(11-3-5-13(23-2)6-4-11)18(24-19-10)14-7-12(9-20)15(21)8-16(14)22/h3-9,21-22H,1-2H3. The third kappa shape index (κ3) is 2.58. The third-order valence-corrected chi connectivity index (χ3v) is 3.76. The van der Waals surface area contributed by atoms with Gasteiger partial charge >= 0.3 is 0 Å². The zero-order valence-corrected chi connectivity index (χ0v) is 13.1. The highest BCUT2D eigenvalue weighted by Crippen LogP contribution is 2.41. The van der Waals surface area contributed by atoms with E-state index < -0.39 is 0 Å². The van der Waals surface area contributed by atoms with Crippen LogP contribution in [0.25, 0.3) is 22.5 Å². The lowest BCUT2D eigenvalue weighted by Crippen LogP contribution is -1.88. The van der Waals surface area contributed by atoms with Gasteiger partial charge in [0.05, 0.1) is 29.5 Å². The number of methoxy groups -OCH3 is 1. The van der Waals surface area contributed by atoms with Gasteiger partial charge in [-0.2, -0.15) is 0 Å². The summed E-state index contributed by atoms with van der Waals surface area (Å²) in [5.74, 6) is 0.529. The number of aryl methyl sites for hydroxylation is 1. The van der Waals surface area contributed by atoms with Crippen molar-refractivity contribution in [2.75, 3.05) is 7.11 Å². The largest absolute Gasteiger partial charge is 0.507 e. The molecular formula is C18H15NO5. The monoisotopic (exact) mass is 325 g/mol. The number of aromatic hydroxyl groups is 2. The smallest absolute Gasteiger partial charge is 0.178 e. The molecular weight excluding hydrogens is 310 g/mol. The molecule has 1 aromatic heterocycles. The Balaban J connectivity index is 2.19. The molecule has 0 aliphatic carbocycles. The van der Waals surface area contributed by atoms with Crippen LogP contribution in [0.2, 0.25) is 0 Å². The second kappa shape index (κ2) is 6.08. The molecule has 0 saturated heterocycles. The number of hydrogen-bond donors (Lipinski definition) is 2. The maximum atomic E-state index is 11.1. The molecule has 3 aromatic rings. The average molecular weight is 325 g/mol. The van der Waals surface area contributed by atoms with Crippen molar-refractivity contribution in [3.8, 4) is 39.7 Å². The van der Waals surface area contributed by atoms with Crippen LogP contribution >= 0.6 is 0 Å². The minimum Gasteiger partial charge on any atom is -0.507 e. The number of carbonyl (C=O) groups is 1. The van der Waals surface area contributed by atoms with E-state index in [9.17, 15) is 15.0 Å². The average Bonchev–Trinajstić information content (AvgIpc) is 2.96. The zero-order chi connectivity index (χ0) is 17.3. The number of carbonyl (C=O) groups excluding carboxylic acids is 1. The van der Waals surface area contributed by atoms with E-state index in [0.717, 1.165) is 11.6 Å². The van der Waals surface area contributed by atoms with Crippen molar-refractivity contribution in [3.05, 3.63) is 47.7 Å². The van der Waals surface area contributed by atoms with Gasteiger partial charge in [-0.25, -0.2) is 0 Å². The number of aldehydes is 1. The van der Waals surface area contributed by atoms with Gasteiger partial charge in [0.2, 0.25) is 0 Å². The van der Waals surface area contributed by atoms with Gasteiger partial charge in [0.15, 0.2) is 12.0 Å². The van der Waals surface area contributed by atoms with E-state index in [1.54, 1.807) is 26.2 Å². The van der Waals surface area contributed by atoms with Gasteiger partial charge in [-0.3, -0.25) is 4.79 Å². The summed E-state index contributed by atoms with van der Waals surface area (Å²) in [6.07, 6.45) is 0.508. The quantitative estimate of drug-likeness (QED) is 0.713. The third-order valence-electron chi connectivity index (χ3n) is 3.76. The molecule has 0 unspecified atom stereocenters. The van der Waals surface area contributed by atoms with Crippen LogP contribution in [0.1, 0.15) is 16.1 Å². The molecule has 0 atom stereocenters. The molecule has 24 heavy (non-hydrogen) atoms. The molecule has 2 N–H and O–H groups in total. The highest BCUT2D eigenvalue weighted by Gasteiger charge is 2.21. The first kappa shape index (κ1) is 15.6. The zero-order valence-electron chi connectivity index (χ0n) is 13.1. The van der Waals surface area contributed by atoms with Crippen molar-refractivity contribution in [1.29, 1.82) is 0 Å². The van der Waals surface area contributed by atoms with Gasteiger partial charge in [-0.1, -0.05) is 17.3 Å². The molecule has 0 aliphatic rings. The van der Waals surface area contributed by atoms with E-state index in [-0.39, 0.29) is 22.6 Å². The van der Waals surface area contributed by atoms with Gasteiger partial charge in [0.25, 0.3) is 0 Å². The van der Waals surface area contributed by atoms with Crippen molar-refractivity contribution in [3.63, 3.8) is 0 Å². The number of phenols is 2. The minimum atomic E-state index is -0.298. The van der Waals surface area contributed by atoms with Crippen molar-refractivity contribution < 1.29 is 24.3 Å². The van der Waals surface area contributed by atoms with Crippen LogP contribution in [0, 0.1) is 6.92 Å². The molecule has 0 amide bonds. The van der Waals surface area contributed by atoms with E-state index in [4.69, 9.17) is 9.26 Å². The number of phenolic OH excluding ortho intramolecular Hbond substituents is 2. The van der Waals surface area contributed by atoms with Crippen LogP contribution in [0.5, 0.6) is 17.2 Å². The molecule has 0 spiro atoms. The first-order chi connectivity index (χ1) is 11.5. The predicted octanol–water partition coefficient (Wildman–Crippen LogP) is 3.55. The van der Waals surface area contributed by atoms with E-state index in [1.807, 2.05) is 12.1 Å². The highest BCUT2D eigenvalue weighted by molar-refractivity contribution is 5.89. The summed E-state index contributed by atoms with van der Waals surface area (Å²) in [6, 6.07) is 9.78. The highest BCUT2D eigenvalue weighted by atomic mass is 16.5. The van der Waals surface area contributed by atoms with E-state index in [1.165, 1.54) is 6.07 Å². The van der Waals surface area contributed by atoms with Crippen molar-refractivity contribution in [2.24, 2.45) is 0 Å². The number of aromatic nitrogens is 1. The topological polar surface area (TPSA) is 92.8 Å². The molecule has 6 nitrogen and oxygen atoms in total. The number of hydrogen-bond acceptors (Lipinski definition) is 6. The van der Waals surface area contributed by atoms with Gasteiger partial charge < -0.3 is 19.5 Å². The molecule has 6 heteroatoms. The number of nitrogens with zero attached hydrogens (tertiary/aromatic N) is 1. The Morgan fingerprint density at radius 3 is 2.46 bits per heavy atom. The Labute approximate surface area is 137 Å². The summed E-state index contributed by atoms with van der Waals surface area (Å²) >= 11 is 0.